The first-order valence-electron chi connectivity index (χ1n) is 1.41. The lowest BCUT2D eigenvalue weighted by Crippen LogP contribution is -1.96. The Morgan fingerprint density at radius 3 is 2.67 bits per heavy atom. The van der Waals surface area contributed by atoms with Crippen molar-refractivity contribution in [2.45, 2.75) is 0 Å². The second-order valence-corrected chi connectivity index (χ2v) is 3.67. The quantitative estimate of drug-likeness (QED) is 0.347. The van der Waals surface area contributed by atoms with Crippen molar-refractivity contribution in [2.24, 2.45) is 0 Å². The fourth-order valence-corrected chi connectivity index (χ4v) is 1.87. The van der Waals surface area contributed by atoms with Gasteiger partial charge in [0.05, 0.1) is 5.88 Å². The van der Waals surface area contributed by atoms with Crippen LogP contribution in [0.15, 0.2) is 0 Å². The lowest BCUT2D eigenvalue weighted by molar-refractivity contribution is 1.25. The van der Waals surface area contributed by atoms with Gasteiger partial charge < -0.3 is 0 Å². The summed E-state index contributed by atoms with van der Waals surface area (Å²) in [5, 5.41) is 0. The van der Waals surface area contributed by atoms with E-state index in [-0.39, 0.29) is 0 Å². The lowest BCUT2D eigenvalue weighted by Gasteiger charge is -1.89. The molecule has 0 aromatic carbocycles. The monoisotopic (exact) mass is 235 g/mol. The van der Waals surface area contributed by atoms with Crippen molar-refractivity contribution in [3.8, 4) is 0 Å². The van der Waals surface area contributed by atoms with E-state index in [2.05, 4.69) is 25.9 Å². The first-order chi connectivity index (χ1) is 2.91. The molecule has 0 bridgehead atoms. The molecule has 1 N–H and O–H groups in total. The molecule has 0 atom stereocenters. The van der Waals surface area contributed by atoms with E-state index in [1.807, 2.05) is 6.26 Å². The third-order valence-electron chi connectivity index (χ3n) is 0.258. The van der Waals surface area contributed by atoms with Crippen LogP contribution in [0.1, 0.15) is 0 Å². The normalized spacial score (nSPS) is 9.00. The molecule has 0 fully saturated rings. The highest BCUT2D eigenvalue weighted by Gasteiger charge is 1.73. The summed E-state index contributed by atoms with van der Waals surface area (Å²) in [7, 11) is 1.76. The van der Waals surface area contributed by atoms with Crippen LogP contribution in [0.3, 0.4) is 0 Å². The minimum atomic E-state index is 1.03. The van der Waals surface area contributed by atoms with Crippen molar-refractivity contribution in [3.05, 3.63) is 0 Å². The maximum absolute atomic E-state index is 3.07. The summed E-state index contributed by atoms with van der Waals surface area (Å²) < 4.78 is 3.07. The molecule has 0 spiro atoms. The van der Waals surface area contributed by atoms with Crippen molar-refractivity contribution in [1.82, 2.24) is 4.72 Å². The summed E-state index contributed by atoms with van der Waals surface area (Å²) >= 11 is 3.90. The van der Waals surface area contributed by atoms with Gasteiger partial charge in [0, 0.05) is 0 Å². The predicted octanol–water partition coefficient (Wildman–Crippen LogP) is 1.89. The van der Waals surface area contributed by atoms with Gasteiger partial charge in [-0.15, -0.1) is 0 Å². The standard InChI is InChI=1S/C2H6INS2/c1-5-4-2-6-3/h4H,2H2,1H3. The summed E-state index contributed by atoms with van der Waals surface area (Å²) in [4.78, 5) is 0. The van der Waals surface area contributed by atoms with Gasteiger partial charge in [-0.2, -0.15) is 0 Å². The molecular formula is C2H6INS2. The Hall–Kier alpha value is 1.39. The molecule has 0 radical (unpaired) electrons. The van der Waals surface area contributed by atoms with Gasteiger partial charge in [0.15, 0.2) is 0 Å². The van der Waals surface area contributed by atoms with E-state index in [1.54, 1.807) is 20.9 Å². The van der Waals surface area contributed by atoms with Crippen LogP contribution < -0.4 is 4.72 Å². The Morgan fingerprint density at radius 1 is 1.83 bits per heavy atom. The van der Waals surface area contributed by atoms with Crippen molar-refractivity contribution in [3.63, 3.8) is 0 Å². The van der Waals surface area contributed by atoms with Gasteiger partial charge in [-0.25, -0.2) is 0 Å². The smallest absolute Gasteiger partial charge is 0.0616 e. The highest BCUT2D eigenvalue weighted by Crippen LogP contribution is 2.08. The highest BCUT2D eigenvalue weighted by atomic mass is 127. The molecule has 0 aromatic heterocycles. The molecule has 0 aromatic rings. The molecule has 0 rings (SSSR count). The van der Waals surface area contributed by atoms with E-state index in [1.165, 1.54) is 0 Å². The zero-order valence-electron chi connectivity index (χ0n) is 3.40. The van der Waals surface area contributed by atoms with Gasteiger partial charge in [-0.3, -0.25) is 4.72 Å². The molecule has 4 heteroatoms. The minimum absolute atomic E-state index is 1.03. The first-order valence-corrected chi connectivity index (χ1v) is 6.16. The van der Waals surface area contributed by atoms with Crippen LogP contribution in [-0.4, -0.2) is 12.1 Å². The molecule has 0 unspecified atom stereocenters. The van der Waals surface area contributed by atoms with E-state index in [0.29, 0.717) is 0 Å². The second kappa shape index (κ2) is 6.39. The number of hydrogen-bond donors (Lipinski definition) is 1. The van der Waals surface area contributed by atoms with Gasteiger partial charge in [-0.1, -0.05) is 20.9 Å². The Bertz CT molecular complexity index is 23.5. The average Bonchev–Trinajstić information content (AvgIpc) is 1.61. The van der Waals surface area contributed by atoms with Gasteiger partial charge in [0.2, 0.25) is 0 Å². The molecule has 0 aliphatic carbocycles. The summed E-state index contributed by atoms with van der Waals surface area (Å²) in [5.74, 6) is 1.03. The zero-order chi connectivity index (χ0) is 4.83. The molecule has 0 aliphatic heterocycles. The van der Waals surface area contributed by atoms with Gasteiger partial charge in [0.25, 0.3) is 0 Å². The maximum atomic E-state index is 3.07. The molecular weight excluding hydrogens is 229 g/mol. The number of halogens is 1. The first kappa shape index (κ1) is 7.39. The van der Waals surface area contributed by atoms with Crippen LogP contribution in [0.25, 0.3) is 0 Å². The fourth-order valence-electron chi connectivity index (χ4n) is 0.0812. The summed E-state index contributed by atoms with van der Waals surface area (Å²) in [6.07, 6.45) is 2.02. The molecule has 0 saturated carbocycles. The SMILES string of the molecule is CSNCSI. The van der Waals surface area contributed by atoms with E-state index in [0.717, 1.165) is 5.88 Å². The summed E-state index contributed by atoms with van der Waals surface area (Å²) in [5.41, 5.74) is 0. The molecule has 0 saturated heterocycles. The Morgan fingerprint density at radius 2 is 2.50 bits per heavy atom. The van der Waals surface area contributed by atoms with Crippen LogP contribution in [0, 0.1) is 0 Å². The molecule has 0 aliphatic rings. The van der Waals surface area contributed by atoms with Crippen molar-refractivity contribution in [1.29, 1.82) is 0 Å². The second-order valence-electron chi connectivity index (χ2n) is 0.602. The topological polar surface area (TPSA) is 12.0 Å². The largest absolute Gasteiger partial charge is 0.254 e. The van der Waals surface area contributed by atoms with Crippen LogP contribution in [0.2, 0.25) is 0 Å². The zero-order valence-corrected chi connectivity index (χ0v) is 7.19. The average molecular weight is 235 g/mol. The highest BCUT2D eigenvalue weighted by molar-refractivity contribution is 14.2. The Kier molecular flexibility index (Phi) is 7.87. The summed E-state index contributed by atoms with van der Waals surface area (Å²) in [6, 6.07) is 0. The Balaban J connectivity index is 2.34. The number of hydrogen-bond acceptors (Lipinski definition) is 3. The Labute approximate surface area is 58.7 Å². The van der Waals surface area contributed by atoms with Crippen LogP contribution >= 0.6 is 42.1 Å². The number of nitrogens with one attached hydrogen (secondary N) is 1. The van der Waals surface area contributed by atoms with Crippen LogP contribution in [0.4, 0.5) is 0 Å². The predicted molar refractivity (Wildman–Crippen MR) is 43.1 cm³/mol. The van der Waals surface area contributed by atoms with Crippen LogP contribution in [0.5, 0.6) is 0 Å². The lowest BCUT2D eigenvalue weighted by atomic mass is 11.5. The third kappa shape index (κ3) is 5.39. The van der Waals surface area contributed by atoms with Crippen LogP contribution in [-0.2, 0) is 0 Å². The minimum Gasteiger partial charge on any atom is -0.254 e. The van der Waals surface area contributed by atoms with E-state index in [9.17, 15) is 0 Å². The molecule has 0 amide bonds. The van der Waals surface area contributed by atoms with E-state index >= 15 is 0 Å². The molecule has 0 heterocycles. The van der Waals surface area contributed by atoms with E-state index < -0.39 is 0 Å². The summed E-state index contributed by atoms with van der Waals surface area (Å²) in [6.45, 7) is 0. The fraction of sp³-hybridized carbons (Fsp3) is 1.00. The molecule has 6 heavy (non-hydrogen) atoms. The van der Waals surface area contributed by atoms with Gasteiger partial charge in [-0.05, 0) is 27.5 Å². The molecule has 38 valence electrons. The van der Waals surface area contributed by atoms with Crippen molar-refractivity contribution in [2.75, 3.05) is 12.1 Å². The molecule has 1 nitrogen and oxygen atoms in total. The maximum Gasteiger partial charge on any atom is 0.0616 e. The van der Waals surface area contributed by atoms with Gasteiger partial charge >= 0.3 is 0 Å². The van der Waals surface area contributed by atoms with Crippen molar-refractivity contribution >= 4 is 42.1 Å². The third-order valence-corrected chi connectivity index (χ3v) is 2.06. The van der Waals surface area contributed by atoms with Crippen molar-refractivity contribution < 1.29 is 0 Å². The number of rotatable bonds is 3. The van der Waals surface area contributed by atoms with Gasteiger partial charge in [0.1, 0.15) is 0 Å². The van der Waals surface area contributed by atoms with E-state index in [4.69, 9.17) is 0 Å².